The summed E-state index contributed by atoms with van der Waals surface area (Å²) in [5.41, 5.74) is 1.08. The van der Waals surface area contributed by atoms with Crippen LogP contribution in [0.15, 0.2) is 12.1 Å². The van der Waals surface area contributed by atoms with E-state index in [4.69, 9.17) is 14.2 Å². The summed E-state index contributed by atoms with van der Waals surface area (Å²) in [7, 11) is 4.89. The van der Waals surface area contributed by atoms with E-state index in [9.17, 15) is 0 Å². The molecule has 4 nitrogen and oxygen atoms in total. The number of methoxy groups -OCH3 is 3. The molecule has 1 aromatic rings. The number of halogens is 1. The van der Waals surface area contributed by atoms with Crippen molar-refractivity contribution in [1.29, 1.82) is 0 Å². The van der Waals surface area contributed by atoms with E-state index in [0.717, 1.165) is 24.4 Å². The van der Waals surface area contributed by atoms with Gasteiger partial charge in [-0.25, -0.2) is 0 Å². The van der Waals surface area contributed by atoms with E-state index in [-0.39, 0.29) is 12.4 Å². The van der Waals surface area contributed by atoms with Gasteiger partial charge in [-0.1, -0.05) is 19.4 Å². The Morgan fingerprint density at radius 1 is 1.00 bits per heavy atom. The molecule has 0 saturated carbocycles. The number of rotatable bonds is 8. The van der Waals surface area contributed by atoms with Gasteiger partial charge in [-0.05, 0) is 19.0 Å². The molecule has 0 aliphatic heterocycles. The average Bonchev–Trinajstić information content (AvgIpc) is 2.42. The number of hydrogen-bond donors (Lipinski definition) is 1. The van der Waals surface area contributed by atoms with Crippen molar-refractivity contribution in [2.45, 2.75) is 26.3 Å². The molecule has 1 N–H and O–H groups in total. The highest BCUT2D eigenvalue weighted by molar-refractivity contribution is 5.85. The minimum absolute atomic E-state index is 0. The van der Waals surface area contributed by atoms with Crippen molar-refractivity contribution in [3.63, 3.8) is 0 Å². The lowest BCUT2D eigenvalue weighted by Gasteiger charge is -2.16. The minimum Gasteiger partial charge on any atom is -0.493 e. The summed E-state index contributed by atoms with van der Waals surface area (Å²) in [5, 5.41) is 3.39. The third kappa shape index (κ3) is 4.80. The van der Waals surface area contributed by atoms with Crippen LogP contribution in [0, 0.1) is 0 Å². The quantitative estimate of drug-likeness (QED) is 0.747. The minimum atomic E-state index is 0. The molecule has 0 unspecified atom stereocenters. The summed E-state index contributed by atoms with van der Waals surface area (Å²) in [6, 6.07) is 3.90. The van der Waals surface area contributed by atoms with Crippen LogP contribution in [0.4, 0.5) is 0 Å². The second-order valence-electron chi connectivity index (χ2n) is 4.02. The SMILES string of the molecule is CCCCNCc1ccc(OC)c(OC)c1OC.Cl. The summed E-state index contributed by atoms with van der Waals surface area (Å²) in [6.07, 6.45) is 2.37. The maximum atomic E-state index is 5.42. The van der Waals surface area contributed by atoms with E-state index < -0.39 is 0 Å². The Morgan fingerprint density at radius 3 is 2.21 bits per heavy atom. The predicted molar refractivity (Wildman–Crippen MR) is 80.0 cm³/mol. The normalized spacial score (nSPS) is 9.68. The van der Waals surface area contributed by atoms with Gasteiger partial charge in [0.15, 0.2) is 11.5 Å². The Hall–Kier alpha value is -1.13. The van der Waals surface area contributed by atoms with Crippen molar-refractivity contribution in [2.24, 2.45) is 0 Å². The van der Waals surface area contributed by atoms with E-state index >= 15 is 0 Å². The number of nitrogens with one attached hydrogen (secondary N) is 1. The first kappa shape index (κ1) is 17.9. The van der Waals surface area contributed by atoms with Gasteiger partial charge in [0.1, 0.15) is 0 Å². The van der Waals surface area contributed by atoms with Crippen molar-refractivity contribution in [3.8, 4) is 17.2 Å². The maximum Gasteiger partial charge on any atom is 0.203 e. The third-order valence-electron chi connectivity index (χ3n) is 2.81. The largest absolute Gasteiger partial charge is 0.493 e. The van der Waals surface area contributed by atoms with E-state index in [0.29, 0.717) is 11.5 Å². The molecule has 0 aliphatic rings. The van der Waals surface area contributed by atoms with Gasteiger partial charge in [-0.2, -0.15) is 0 Å². The van der Waals surface area contributed by atoms with Gasteiger partial charge < -0.3 is 19.5 Å². The molecule has 0 aliphatic carbocycles. The monoisotopic (exact) mass is 289 g/mol. The topological polar surface area (TPSA) is 39.7 Å². The van der Waals surface area contributed by atoms with Crippen LogP contribution >= 0.6 is 12.4 Å². The van der Waals surface area contributed by atoms with Crippen LogP contribution in [0.1, 0.15) is 25.3 Å². The van der Waals surface area contributed by atoms with Gasteiger partial charge in [-0.15, -0.1) is 12.4 Å². The van der Waals surface area contributed by atoms with Crippen molar-refractivity contribution in [2.75, 3.05) is 27.9 Å². The van der Waals surface area contributed by atoms with Crippen LogP contribution in [0.2, 0.25) is 0 Å². The van der Waals surface area contributed by atoms with Gasteiger partial charge in [-0.3, -0.25) is 0 Å². The molecule has 19 heavy (non-hydrogen) atoms. The average molecular weight is 290 g/mol. The van der Waals surface area contributed by atoms with E-state index in [1.54, 1.807) is 21.3 Å². The molecule has 0 amide bonds. The molecule has 1 aromatic carbocycles. The summed E-state index contributed by atoms with van der Waals surface area (Å²) in [6.45, 7) is 3.95. The van der Waals surface area contributed by atoms with Crippen molar-refractivity contribution >= 4 is 12.4 Å². The summed E-state index contributed by atoms with van der Waals surface area (Å²) in [4.78, 5) is 0. The van der Waals surface area contributed by atoms with Crippen LogP contribution in [0.25, 0.3) is 0 Å². The lowest BCUT2D eigenvalue weighted by atomic mass is 10.1. The first-order chi connectivity index (χ1) is 8.78. The van der Waals surface area contributed by atoms with Gasteiger partial charge in [0.05, 0.1) is 21.3 Å². The third-order valence-corrected chi connectivity index (χ3v) is 2.81. The lowest BCUT2D eigenvalue weighted by molar-refractivity contribution is 0.321. The maximum absolute atomic E-state index is 5.42. The molecule has 0 radical (unpaired) electrons. The second kappa shape index (κ2) is 9.75. The van der Waals surface area contributed by atoms with Crippen LogP contribution in [0.5, 0.6) is 17.2 Å². The van der Waals surface area contributed by atoms with Gasteiger partial charge in [0, 0.05) is 12.1 Å². The molecule has 0 bridgehead atoms. The highest BCUT2D eigenvalue weighted by Crippen LogP contribution is 2.39. The summed E-state index contributed by atoms with van der Waals surface area (Å²) < 4.78 is 16.0. The predicted octanol–water partition coefficient (Wildman–Crippen LogP) is 3.02. The summed E-state index contributed by atoms with van der Waals surface area (Å²) >= 11 is 0. The zero-order chi connectivity index (χ0) is 13.4. The van der Waals surface area contributed by atoms with Gasteiger partial charge >= 0.3 is 0 Å². The first-order valence-electron chi connectivity index (χ1n) is 6.27. The highest BCUT2D eigenvalue weighted by atomic mass is 35.5. The Balaban J connectivity index is 0.00000324. The van der Waals surface area contributed by atoms with Crippen molar-refractivity contribution in [3.05, 3.63) is 17.7 Å². The molecule has 0 fully saturated rings. The number of hydrogen-bond acceptors (Lipinski definition) is 4. The van der Waals surface area contributed by atoms with E-state index in [1.807, 2.05) is 12.1 Å². The zero-order valence-corrected chi connectivity index (χ0v) is 12.9. The molecule has 0 spiro atoms. The number of ether oxygens (including phenoxy) is 3. The zero-order valence-electron chi connectivity index (χ0n) is 12.1. The fourth-order valence-corrected chi connectivity index (χ4v) is 1.83. The molecule has 1 rings (SSSR count). The number of benzene rings is 1. The summed E-state index contributed by atoms with van der Waals surface area (Å²) in [5.74, 6) is 2.07. The molecule has 110 valence electrons. The lowest BCUT2D eigenvalue weighted by Crippen LogP contribution is -2.15. The van der Waals surface area contributed by atoms with Crippen LogP contribution in [-0.4, -0.2) is 27.9 Å². The molecular weight excluding hydrogens is 266 g/mol. The van der Waals surface area contributed by atoms with Gasteiger partial charge in [0.2, 0.25) is 5.75 Å². The Bertz CT molecular complexity index is 372. The van der Waals surface area contributed by atoms with Gasteiger partial charge in [0.25, 0.3) is 0 Å². The fraction of sp³-hybridized carbons (Fsp3) is 0.571. The molecule has 0 aromatic heterocycles. The van der Waals surface area contributed by atoms with Crippen LogP contribution < -0.4 is 19.5 Å². The smallest absolute Gasteiger partial charge is 0.203 e. The molecule has 0 saturated heterocycles. The number of unbranched alkanes of at least 4 members (excludes halogenated alkanes) is 1. The second-order valence-corrected chi connectivity index (χ2v) is 4.02. The molecular formula is C14H24ClNO3. The van der Waals surface area contributed by atoms with E-state index in [1.165, 1.54) is 12.8 Å². The Labute approximate surface area is 121 Å². The first-order valence-corrected chi connectivity index (χ1v) is 6.27. The standard InChI is InChI=1S/C14H23NO3.ClH/c1-5-6-9-15-10-11-7-8-12(16-2)14(18-4)13(11)17-3;/h7-8,15H,5-6,9-10H2,1-4H3;1H. The molecule has 5 heteroatoms. The van der Waals surface area contributed by atoms with Crippen molar-refractivity contribution < 1.29 is 14.2 Å². The van der Waals surface area contributed by atoms with Crippen molar-refractivity contribution in [1.82, 2.24) is 5.32 Å². The fourth-order valence-electron chi connectivity index (χ4n) is 1.83. The Kier molecular flexibility index (Phi) is 9.17. The van der Waals surface area contributed by atoms with Crippen LogP contribution in [0.3, 0.4) is 0 Å². The molecule has 0 heterocycles. The Morgan fingerprint density at radius 2 is 1.68 bits per heavy atom. The highest BCUT2D eigenvalue weighted by Gasteiger charge is 2.15. The molecule has 0 atom stereocenters. The van der Waals surface area contributed by atoms with E-state index in [2.05, 4.69) is 12.2 Å². The van der Waals surface area contributed by atoms with Crippen LogP contribution in [-0.2, 0) is 6.54 Å².